The van der Waals surface area contributed by atoms with Crippen LogP contribution in [0, 0.1) is 0 Å². The van der Waals surface area contributed by atoms with Crippen LogP contribution in [0.4, 0.5) is 4.79 Å². The van der Waals surface area contributed by atoms with Gasteiger partial charge >= 0.3 is 12.0 Å². The van der Waals surface area contributed by atoms with Crippen LogP contribution in [0.2, 0.25) is 0 Å². The van der Waals surface area contributed by atoms with E-state index in [4.69, 9.17) is 5.11 Å². The smallest absolute Gasteiger partial charge is 0.326 e. The average Bonchev–Trinajstić information content (AvgIpc) is 2.80. The molecule has 0 aliphatic heterocycles. The maximum Gasteiger partial charge on any atom is 0.326 e. The van der Waals surface area contributed by atoms with E-state index in [0.29, 0.717) is 25.2 Å². The van der Waals surface area contributed by atoms with Crippen molar-refractivity contribution in [3.63, 3.8) is 0 Å². The molecule has 0 radical (unpaired) electrons. The molecule has 1 atom stereocenters. The SMILES string of the molecule is CCCCC(NC(=O)NCCc1ncn(C)n1)C(=O)O. The van der Waals surface area contributed by atoms with Crippen LogP contribution in [0.5, 0.6) is 0 Å². The van der Waals surface area contributed by atoms with Crippen molar-refractivity contribution in [2.75, 3.05) is 6.54 Å². The van der Waals surface area contributed by atoms with Gasteiger partial charge in [0, 0.05) is 20.0 Å². The number of carbonyl (C=O) groups excluding carboxylic acids is 1. The van der Waals surface area contributed by atoms with Crippen molar-refractivity contribution in [3.8, 4) is 0 Å². The third kappa shape index (κ3) is 5.68. The van der Waals surface area contributed by atoms with Gasteiger partial charge in [0.15, 0.2) is 5.82 Å². The van der Waals surface area contributed by atoms with E-state index in [1.807, 2.05) is 6.92 Å². The van der Waals surface area contributed by atoms with Crippen LogP contribution in [0.25, 0.3) is 0 Å². The van der Waals surface area contributed by atoms with Crippen LogP contribution in [0.3, 0.4) is 0 Å². The molecule has 0 aliphatic carbocycles. The van der Waals surface area contributed by atoms with E-state index in [9.17, 15) is 9.59 Å². The van der Waals surface area contributed by atoms with Gasteiger partial charge < -0.3 is 15.7 Å². The Labute approximate surface area is 117 Å². The molecule has 2 amide bonds. The number of carboxylic acid groups (broad SMARTS) is 1. The highest BCUT2D eigenvalue weighted by atomic mass is 16.4. The van der Waals surface area contributed by atoms with Gasteiger partial charge in [0.05, 0.1) is 0 Å². The number of hydrogen-bond acceptors (Lipinski definition) is 4. The van der Waals surface area contributed by atoms with Gasteiger partial charge in [-0.15, -0.1) is 0 Å². The van der Waals surface area contributed by atoms with Gasteiger partial charge in [-0.1, -0.05) is 19.8 Å². The molecule has 1 aromatic heterocycles. The van der Waals surface area contributed by atoms with Crippen molar-refractivity contribution in [1.82, 2.24) is 25.4 Å². The molecule has 8 heteroatoms. The Hall–Kier alpha value is -2.12. The van der Waals surface area contributed by atoms with Crippen LogP contribution in [-0.4, -0.2) is 44.5 Å². The molecule has 1 rings (SSSR count). The van der Waals surface area contributed by atoms with Crippen molar-refractivity contribution in [2.45, 2.75) is 38.6 Å². The summed E-state index contributed by atoms with van der Waals surface area (Å²) in [6.07, 6.45) is 4.16. The summed E-state index contributed by atoms with van der Waals surface area (Å²) in [6.45, 7) is 2.33. The molecule has 0 aromatic carbocycles. The zero-order valence-electron chi connectivity index (χ0n) is 11.8. The minimum Gasteiger partial charge on any atom is -0.480 e. The van der Waals surface area contributed by atoms with E-state index in [1.165, 1.54) is 0 Å². The number of aryl methyl sites for hydroxylation is 1. The Bertz CT molecular complexity index is 446. The maximum atomic E-state index is 11.6. The first-order valence-corrected chi connectivity index (χ1v) is 6.64. The van der Waals surface area contributed by atoms with E-state index in [2.05, 4.69) is 20.7 Å². The summed E-state index contributed by atoms with van der Waals surface area (Å²) in [4.78, 5) is 26.6. The van der Waals surface area contributed by atoms with Gasteiger partial charge in [-0.25, -0.2) is 14.6 Å². The highest BCUT2D eigenvalue weighted by Gasteiger charge is 2.18. The molecule has 0 spiro atoms. The number of carbonyl (C=O) groups is 2. The van der Waals surface area contributed by atoms with Crippen molar-refractivity contribution < 1.29 is 14.7 Å². The lowest BCUT2D eigenvalue weighted by Gasteiger charge is -2.14. The second-order valence-electron chi connectivity index (χ2n) is 4.52. The number of unbranched alkanes of at least 4 members (excludes halogenated alkanes) is 1. The van der Waals surface area contributed by atoms with Gasteiger partial charge in [-0.2, -0.15) is 5.10 Å². The standard InChI is InChI=1S/C12H21N5O3/c1-3-4-5-9(11(18)19)15-12(20)13-7-6-10-14-8-17(2)16-10/h8-9H,3-7H2,1-2H3,(H,18,19)(H2,13,15,20). The van der Waals surface area contributed by atoms with Crippen LogP contribution in [0.15, 0.2) is 6.33 Å². The fourth-order valence-corrected chi connectivity index (χ4v) is 1.66. The third-order valence-electron chi connectivity index (χ3n) is 2.73. The zero-order valence-corrected chi connectivity index (χ0v) is 11.8. The summed E-state index contributed by atoms with van der Waals surface area (Å²) in [7, 11) is 1.77. The quantitative estimate of drug-likeness (QED) is 0.635. The fraction of sp³-hybridized carbons (Fsp3) is 0.667. The largest absolute Gasteiger partial charge is 0.480 e. The Morgan fingerprint density at radius 1 is 1.50 bits per heavy atom. The number of aromatic nitrogens is 3. The number of urea groups is 1. The lowest BCUT2D eigenvalue weighted by Crippen LogP contribution is -2.46. The first-order chi connectivity index (χ1) is 9.52. The summed E-state index contributed by atoms with van der Waals surface area (Å²) in [6, 6.07) is -1.33. The maximum absolute atomic E-state index is 11.6. The minimum atomic E-state index is -1.01. The molecule has 0 aliphatic rings. The van der Waals surface area contributed by atoms with Crippen molar-refractivity contribution >= 4 is 12.0 Å². The van der Waals surface area contributed by atoms with Crippen LogP contribution < -0.4 is 10.6 Å². The van der Waals surface area contributed by atoms with Gasteiger partial charge in [0.1, 0.15) is 12.4 Å². The molecule has 20 heavy (non-hydrogen) atoms. The lowest BCUT2D eigenvalue weighted by molar-refractivity contribution is -0.139. The molecular weight excluding hydrogens is 262 g/mol. The molecule has 1 unspecified atom stereocenters. The Morgan fingerprint density at radius 3 is 2.80 bits per heavy atom. The Kier molecular flexibility index (Phi) is 6.48. The van der Waals surface area contributed by atoms with Crippen LogP contribution in [0.1, 0.15) is 32.0 Å². The summed E-state index contributed by atoms with van der Waals surface area (Å²) < 4.78 is 1.58. The number of hydrogen-bond donors (Lipinski definition) is 3. The van der Waals surface area contributed by atoms with Gasteiger partial charge in [-0.3, -0.25) is 4.68 Å². The summed E-state index contributed by atoms with van der Waals surface area (Å²) in [5.41, 5.74) is 0. The van der Waals surface area contributed by atoms with E-state index < -0.39 is 18.0 Å². The molecule has 3 N–H and O–H groups in total. The molecule has 112 valence electrons. The summed E-state index contributed by atoms with van der Waals surface area (Å²) in [5.74, 6) is -0.381. The molecule has 1 aromatic rings. The predicted molar refractivity (Wildman–Crippen MR) is 72.2 cm³/mol. The Morgan fingerprint density at radius 2 is 2.25 bits per heavy atom. The summed E-state index contributed by atoms with van der Waals surface area (Å²) in [5, 5.41) is 18.1. The second kappa shape index (κ2) is 8.13. The minimum absolute atomic E-state index is 0.357. The highest BCUT2D eigenvalue weighted by molar-refractivity contribution is 5.82. The third-order valence-corrected chi connectivity index (χ3v) is 2.73. The van der Waals surface area contributed by atoms with Gasteiger partial charge in [-0.05, 0) is 6.42 Å². The molecular formula is C12H21N5O3. The van der Waals surface area contributed by atoms with Gasteiger partial charge in [0.25, 0.3) is 0 Å². The van der Waals surface area contributed by atoms with Gasteiger partial charge in [0.2, 0.25) is 0 Å². The number of aliphatic carboxylic acids is 1. The number of nitrogens with one attached hydrogen (secondary N) is 2. The van der Waals surface area contributed by atoms with Crippen molar-refractivity contribution in [1.29, 1.82) is 0 Å². The second-order valence-corrected chi connectivity index (χ2v) is 4.52. The molecule has 1 heterocycles. The Balaban J connectivity index is 2.28. The number of amides is 2. The average molecular weight is 283 g/mol. The lowest BCUT2D eigenvalue weighted by atomic mass is 10.1. The first-order valence-electron chi connectivity index (χ1n) is 6.64. The number of nitrogens with zero attached hydrogens (tertiary/aromatic N) is 3. The normalized spacial score (nSPS) is 11.9. The van der Waals surface area contributed by atoms with Crippen LogP contribution >= 0.6 is 0 Å². The van der Waals surface area contributed by atoms with E-state index >= 15 is 0 Å². The van der Waals surface area contributed by atoms with Crippen molar-refractivity contribution in [3.05, 3.63) is 12.2 Å². The monoisotopic (exact) mass is 283 g/mol. The fourth-order valence-electron chi connectivity index (χ4n) is 1.66. The topological polar surface area (TPSA) is 109 Å². The van der Waals surface area contributed by atoms with E-state index in [0.717, 1.165) is 12.8 Å². The van der Waals surface area contributed by atoms with E-state index in [1.54, 1.807) is 18.1 Å². The van der Waals surface area contributed by atoms with Crippen molar-refractivity contribution in [2.24, 2.45) is 7.05 Å². The predicted octanol–water partition coefficient (Wildman–Crippen LogP) is 0.300. The summed E-state index contributed by atoms with van der Waals surface area (Å²) >= 11 is 0. The molecule has 8 nitrogen and oxygen atoms in total. The number of carboxylic acids is 1. The molecule has 0 bridgehead atoms. The zero-order chi connectivity index (χ0) is 15.0. The first kappa shape index (κ1) is 15.9. The molecule has 0 saturated heterocycles. The van der Waals surface area contributed by atoms with Crippen LogP contribution in [-0.2, 0) is 18.3 Å². The highest BCUT2D eigenvalue weighted by Crippen LogP contribution is 2.00. The molecule has 0 fully saturated rings. The number of rotatable bonds is 8. The molecule has 0 saturated carbocycles. The van der Waals surface area contributed by atoms with E-state index in [-0.39, 0.29) is 0 Å².